The summed E-state index contributed by atoms with van der Waals surface area (Å²) in [4.78, 5) is 13.2. The number of carbonyl (C=O) groups excluding carboxylic acids is 1. The number of rotatable bonds is 9. The minimum absolute atomic E-state index is 0.141. The van der Waals surface area contributed by atoms with Gasteiger partial charge in [0.05, 0.1) is 11.1 Å². The van der Waals surface area contributed by atoms with E-state index in [9.17, 15) is 18.0 Å². The normalized spacial score (nSPS) is 15.6. The van der Waals surface area contributed by atoms with Gasteiger partial charge in [-0.25, -0.2) is 0 Å². The maximum atomic E-state index is 13.9. The van der Waals surface area contributed by atoms with Gasteiger partial charge in [-0.1, -0.05) is 72.6 Å². The van der Waals surface area contributed by atoms with Gasteiger partial charge < -0.3 is 9.88 Å². The fourth-order valence-corrected chi connectivity index (χ4v) is 5.38. The predicted octanol–water partition coefficient (Wildman–Crippen LogP) is 9.06. The van der Waals surface area contributed by atoms with Crippen molar-refractivity contribution in [2.45, 2.75) is 117 Å². The van der Waals surface area contributed by atoms with Crippen molar-refractivity contribution in [3.05, 3.63) is 46.6 Å². The van der Waals surface area contributed by atoms with E-state index < -0.39 is 17.2 Å². The first kappa shape index (κ1) is 29.3. The Morgan fingerprint density at radius 1 is 0.946 bits per heavy atom. The molecule has 1 N–H and O–H groups in total. The molecular formula is C31H45F3N2O. The summed E-state index contributed by atoms with van der Waals surface area (Å²) in [5.74, 6) is 0.322. The summed E-state index contributed by atoms with van der Waals surface area (Å²) >= 11 is 0. The lowest BCUT2D eigenvalue weighted by molar-refractivity contribution is -0.137. The minimum atomic E-state index is -4.44. The second-order valence-electron chi connectivity index (χ2n) is 11.9. The minimum Gasteiger partial charge on any atom is -0.352 e. The van der Waals surface area contributed by atoms with Gasteiger partial charge in [0.15, 0.2) is 0 Å². The molecule has 1 aliphatic rings. The lowest BCUT2D eigenvalue weighted by atomic mass is 9.84. The molecule has 1 aromatic carbocycles. The molecule has 0 spiro atoms. The number of halogens is 3. The van der Waals surface area contributed by atoms with Crippen molar-refractivity contribution in [3.63, 3.8) is 0 Å². The molecule has 1 heterocycles. The monoisotopic (exact) mass is 518 g/mol. The highest BCUT2D eigenvalue weighted by atomic mass is 19.4. The molecular weight excluding hydrogens is 473 g/mol. The fraction of sp³-hybridized carbons (Fsp3) is 0.645. The Hall–Kier alpha value is -2.24. The van der Waals surface area contributed by atoms with E-state index in [4.69, 9.17) is 0 Å². The Morgan fingerprint density at radius 3 is 2.19 bits per heavy atom. The highest BCUT2D eigenvalue weighted by Gasteiger charge is 2.33. The van der Waals surface area contributed by atoms with Crippen molar-refractivity contribution >= 4 is 5.91 Å². The highest BCUT2D eigenvalue weighted by molar-refractivity contribution is 5.97. The van der Waals surface area contributed by atoms with Gasteiger partial charge in [0.1, 0.15) is 0 Å². The van der Waals surface area contributed by atoms with Gasteiger partial charge in [0.2, 0.25) is 0 Å². The maximum absolute atomic E-state index is 13.9. The second-order valence-corrected chi connectivity index (χ2v) is 11.9. The van der Waals surface area contributed by atoms with Crippen LogP contribution in [0.3, 0.4) is 0 Å². The van der Waals surface area contributed by atoms with E-state index in [1.54, 1.807) is 0 Å². The quantitative estimate of drug-likeness (QED) is 0.261. The Kier molecular flexibility index (Phi) is 9.93. The molecule has 3 nitrogen and oxygen atoms in total. The summed E-state index contributed by atoms with van der Waals surface area (Å²) in [6.07, 6.45) is 6.91. The van der Waals surface area contributed by atoms with Gasteiger partial charge in [-0.3, -0.25) is 4.79 Å². The van der Waals surface area contributed by atoms with Crippen molar-refractivity contribution in [2.24, 2.45) is 5.92 Å². The molecule has 0 bridgehead atoms. The van der Waals surface area contributed by atoms with Crippen LogP contribution < -0.4 is 5.32 Å². The van der Waals surface area contributed by atoms with E-state index in [1.165, 1.54) is 37.8 Å². The van der Waals surface area contributed by atoms with E-state index in [0.29, 0.717) is 34.8 Å². The smallest absolute Gasteiger partial charge is 0.352 e. The molecule has 0 atom stereocenters. The first-order valence-electron chi connectivity index (χ1n) is 14.1. The molecule has 6 heteroatoms. The van der Waals surface area contributed by atoms with Gasteiger partial charge >= 0.3 is 6.18 Å². The molecule has 1 amide bonds. The summed E-state index contributed by atoms with van der Waals surface area (Å²) in [6.45, 7) is 11.2. The fourth-order valence-electron chi connectivity index (χ4n) is 5.38. The summed E-state index contributed by atoms with van der Waals surface area (Å²) in [5.41, 5.74) is 2.18. The molecule has 2 aromatic rings. The number of alkyl halides is 3. The molecule has 0 unspecified atom stereocenters. The first-order valence-corrected chi connectivity index (χ1v) is 14.1. The van der Waals surface area contributed by atoms with E-state index >= 15 is 0 Å². The van der Waals surface area contributed by atoms with Crippen LogP contribution in [0.4, 0.5) is 13.2 Å². The molecule has 1 saturated carbocycles. The third-order valence-corrected chi connectivity index (χ3v) is 7.76. The van der Waals surface area contributed by atoms with Gasteiger partial charge in [0, 0.05) is 24.5 Å². The zero-order valence-electron chi connectivity index (χ0n) is 23.4. The number of unbranched alkanes of at least 4 members (excludes halogenated alkanes) is 3. The van der Waals surface area contributed by atoms with Crippen molar-refractivity contribution in [2.75, 3.05) is 6.54 Å². The molecule has 0 radical (unpaired) electrons. The summed E-state index contributed by atoms with van der Waals surface area (Å²) in [6, 6.07) is 6.20. The van der Waals surface area contributed by atoms with Crippen LogP contribution in [0.1, 0.15) is 119 Å². The van der Waals surface area contributed by atoms with Crippen LogP contribution in [0.25, 0.3) is 11.3 Å². The molecule has 206 valence electrons. The number of nitrogens with one attached hydrogen (secondary N) is 1. The van der Waals surface area contributed by atoms with Crippen molar-refractivity contribution in [1.29, 1.82) is 0 Å². The van der Waals surface area contributed by atoms with Gasteiger partial charge in [-0.15, -0.1) is 0 Å². The Balaban J connectivity index is 2.05. The van der Waals surface area contributed by atoms with Crippen LogP contribution >= 0.6 is 0 Å². The second kappa shape index (κ2) is 12.5. The number of hydrogen-bond acceptors (Lipinski definition) is 1. The van der Waals surface area contributed by atoms with E-state index in [0.717, 1.165) is 50.8 Å². The zero-order chi connectivity index (χ0) is 27.2. The highest BCUT2D eigenvalue weighted by Crippen LogP contribution is 2.38. The third kappa shape index (κ3) is 7.87. The van der Waals surface area contributed by atoms with Crippen LogP contribution in [0.5, 0.6) is 0 Å². The summed E-state index contributed by atoms with van der Waals surface area (Å²) in [7, 11) is 0. The lowest BCUT2D eigenvalue weighted by Gasteiger charge is -2.23. The summed E-state index contributed by atoms with van der Waals surface area (Å²) in [5, 5.41) is 3.04. The van der Waals surface area contributed by atoms with E-state index in [-0.39, 0.29) is 5.91 Å². The molecule has 3 rings (SSSR count). The van der Waals surface area contributed by atoms with Crippen LogP contribution in [0, 0.1) is 12.8 Å². The number of amides is 1. The van der Waals surface area contributed by atoms with Gasteiger partial charge in [-0.05, 0) is 72.9 Å². The number of carbonyl (C=O) groups is 1. The maximum Gasteiger partial charge on any atom is 0.416 e. The third-order valence-electron chi connectivity index (χ3n) is 7.76. The SMILES string of the molecule is CCCCCCNC(=O)c1cc(-c2cc(C(C)(C)C)cc(C(F)(F)F)c2)n(CC2CCCCCC2)c1C. The van der Waals surface area contributed by atoms with Crippen LogP contribution in [0.2, 0.25) is 0 Å². The Labute approximate surface area is 221 Å². The number of hydrogen-bond donors (Lipinski definition) is 1. The van der Waals surface area contributed by atoms with Crippen LogP contribution in [-0.4, -0.2) is 17.0 Å². The molecule has 1 fully saturated rings. The molecule has 0 aliphatic heterocycles. The van der Waals surface area contributed by atoms with Crippen molar-refractivity contribution in [3.8, 4) is 11.3 Å². The van der Waals surface area contributed by atoms with Crippen molar-refractivity contribution in [1.82, 2.24) is 9.88 Å². The van der Waals surface area contributed by atoms with Crippen molar-refractivity contribution < 1.29 is 18.0 Å². The topological polar surface area (TPSA) is 34.0 Å². The predicted molar refractivity (Wildman–Crippen MR) is 146 cm³/mol. The zero-order valence-corrected chi connectivity index (χ0v) is 23.4. The van der Waals surface area contributed by atoms with Crippen LogP contribution in [-0.2, 0) is 18.1 Å². The van der Waals surface area contributed by atoms with Gasteiger partial charge in [0.25, 0.3) is 5.91 Å². The van der Waals surface area contributed by atoms with Crippen LogP contribution in [0.15, 0.2) is 24.3 Å². The Morgan fingerprint density at radius 2 is 1.59 bits per heavy atom. The Bertz CT molecular complexity index is 1010. The molecule has 37 heavy (non-hydrogen) atoms. The summed E-state index contributed by atoms with van der Waals surface area (Å²) < 4.78 is 43.9. The standard InChI is InChI=1S/C31H45F3N2O/c1-6-7-8-13-16-35-29(37)27-20-28(36(22(27)2)21-23-14-11-9-10-12-15-23)24-17-25(30(3,4)5)19-26(18-24)31(32,33)34/h17-20,23H,6-16,21H2,1-5H3,(H,35,37). The molecule has 1 aromatic heterocycles. The average Bonchev–Trinajstić information content (AvgIpc) is 2.98. The van der Waals surface area contributed by atoms with E-state index in [2.05, 4.69) is 16.8 Å². The number of nitrogens with zero attached hydrogens (tertiary/aromatic N) is 1. The number of benzene rings is 1. The number of aromatic nitrogens is 1. The van der Waals surface area contributed by atoms with Gasteiger partial charge in [-0.2, -0.15) is 13.2 Å². The largest absolute Gasteiger partial charge is 0.416 e. The average molecular weight is 519 g/mol. The van der Waals surface area contributed by atoms with E-state index in [1.807, 2.05) is 39.8 Å². The lowest BCUT2D eigenvalue weighted by Crippen LogP contribution is -2.25. The molecule has 0 saturated heterocycles. The first-order chi connectivity index (χ1) is 17.4. The molecule has 1 aliphatic carbocycles.